The second kappa shape index (κ2) is 3.56. The molecule has 4 nitrogen and oxygen atoms in total. The van der Waals surface area contributed by atoms with E-state index in [0.29, 0.717) is 25.9 Å². The molecule has 0 spiro atoms. The largest absolute Gasteiger partial charge is 0.463 e. The van der Waals surface area contributed by atoms with E-state index < -0.39 is 11.6 Å². The lowest BCUT2D eigenvalue weighted by molar-refractivity contribution is -0.185. The standard InChI is InChI=1S/C8H12O4/c1-2-11-7(10)8(12-6-9)4-3-5-8/h6H,2-5H2,1H3. The predicted molar refractivity (Wildman–Crippen MR) is 40.4 cm³/mol. The van der Waals surface area contributed by atoms with Crippen molar-refractivity contribution < 1.29 is 19.1 Å². The molecule has 1 aliphatic rings. The van der Waals surface area contributed by atoms with Crippen molar-refractivity contribution in [2.45, 2.75) is 31.8 Å². The fraction of sp³-hybridized carbons (Fsp3) is 0.750. The van der Waals surface area contributed by atoms with Crippen molar-refractivity contribution in [3.8, 4) is 0 Å². The monoisotopic (exact) mass is 172 g/mol. The van der Waals surface area contributed by atoms with E-state index in [4.69, 9.17) is 9.47 Å². The minimum absolute atomic E-state index is 0.316. The zero-order valence-corrected chi connectivity index (χ0v) is 7.04. The maximum Gasteiger partial charge on any atom is 0.350 e. The van der Waals surface area contributed by atoms with Crippen LogP contribution in [0.2, 0.25) is 0 Å². The summed E-state index contributed by atoms with van der Waals surface area (Å²) in [7, 11) is 0. The van der Waals surface area contributed by atoms with Crippen molar-refractivity contribution in [1.82, 2.24) is 0 Å². The molecule has 0 amide bonds. The molecular weight excluding hydrogens is 160 g/mol. The highest BCUT2D eigenvalue weighted by atomic mass is 16.6. The van der Waals surface area contributed by atoms with Crippen molar-refractivity contribution in [3.63, 3.8) is 0 Å². The van der Waals surface area contributed by atoms with Crippen LogP contribution in [-0.2, 0) is 19.1 Å². The highest BCUT2D eigenvalue weighted by Gasteiger charge is 2.47. The smallest absolute Gasteiger partial charge is 0.350 e. The Morgan fingerprint density at radius 3 is 2.58 bits per heavy atom. The molecule has 0 aromatic rings. The summed E-state index contributed by atoms with van der Waals surface area (Å²) in [5.41, 5.74) is -0.947. The molecule has 0 heterocycles. The van der Waals surface area contributed by atoms with E-state index in [1.807, 2.05) is 0 Å². The number of carbonyl (C=O) groups is 2. The summed E-state index contributed by atoms with van der Waals surface area (Å²) < 4.78 is 9.50. The average molecular weight is 172 g/mol. The topological polar surface area (TPSA) is 52.6 Å². The van der Waals surface area contributed by atoms with Crippen molar-refractivity contribution >= 4 is 12.4 Å². The summed E-state index contributed by atoms with van der Waals surface area (Å²) in [6, 6.07) is 0. The van der Waals surface area contributed by atoms with Gasteiger partial charge in [-0.15, -0.1) is 0 Å². The van der Waals surface area contributed by atoms with E-state index >= 15 is 0 Å². The first-order chi connectivity index (χ1) is 5.75. The van der Waals surface area contributed by atoms with Crippen LogP contribution in [0.5, 0.6) is 0 Å². The number of ether oxygens (including phenoxy) is 2. The van der Waals surface area contributed by atoms with Gasteiger partial charge < -0.3 is 9.47 Å². The van der Waals surface area contributed by atoms with E-state index in [1.54, 1.807) is 6.92 Å². The molecule has 12 heavy (non-hydrogen) atoms. The Hall–Kier alpha value is -1.06. The summed E-state index contributed by atoms with van der Waals surface area (Å²) in [6.07, 6.45) is 2.09. The van der Waals surface area contributed by atoms with Gasteiger partial charge in [-0.25, -0.2) is 4.79 Å². The molecule has 0 N–H and O–H groups in total. The molecule has 0 atom stereocenters. The highest BCUT2D eigenvalue weighted by Crippen LogP contribution is 2.36. The Morgan fingerprint density at radius 1 is 1.58 bits per heavy atom. The van der Waals surface area contributed by atoms with E-state index in [-0.39, 0.29) is 0 Å². The van der Waals surface area contributed by atoms with Crippen LogP contribution >= 0.6 is 0 Å². The molecule has 0 radical (unpaired) electrons. The highest BCUT2D eigenvalue weighted by molar-refractivity contribution is 5.81. The van der Waals surface area contributed by atoms with Gasteiger partial charge in [0.2, 0.25) is 5.60 Å². The minimum Gasteiger partial charge on any atom is -0.463 e. The Bertz CT molecular complexity index is 183. The Balaban J connectivity index is 2.53. The SMILES string of the molecule is CCOC(=O)C1(OC=O)CCC1. The number of esters is 1. The lowest BCUT2D eigenvalue weighted by atomic mass is 9.80. The molecule has 0 saturated heterocycles. The van der Waals surface area contributed by atoms with Gasteiger partial charge in [-0.3, -0.25) is 4.79 Å². The number of rotatable bonds is 4. The molecular formula is C8H12O4. The molecule has 0 aromatic carbocycles. The summed E-state index contributed by atoms with van der Waals surface area (Å²) in [6.45, 7) is 2.37. The van der Waals surface area contributed by atoms with Crippen molar-refractivity contribution in [1.29, 1.82) is 0 Å². The second-order valence-electron chi connectivity index (χ2n) is 2.78. The normalized spacial score (nSPS) is 19.1. The van der Waals surface area contributed by atoms with Crippen LogP contribution in [-0.4, -0.2) is 24.6 Å². The summed E-state index contributed by atoms with van der Waals surface area (Å²) in [5, 5.41) is 0. The Kier molecular flexibility index (Phi) is 2.68. The van der Waals surface area contributed by atoms with Gasteiger partial charge in [0.05, 0.1) is 6.61 Å². The van der Waals surface area contributed by atoms with Crippen molar-refractivity contribution in [2.24, 2.45) is 0 Å². The van der Waals surface area contributed by atoms with E-state index in [1.165, 1.54) is 0 Å². The zero-order chi connectivity index (χ0) is 9.03. The van der Waals surface area contributed by atoms with Crippen LogP contribution in [0.15, 0.2) is 0 Å². The van der Waals surface area contributed by atoms with Crippen molar-refractivity contribution in [2.75, 3.05) is 6.61 Å². The molecule has 1 aliphatic carbocycles. The predicted octanol–water partition coefficient (Wildman–Crippen LogP) is 0.645. The van der Waals surface area contributed by atoms with Gasteiger partial charge in [0, 0.05) is 0 Å². The third-order valence-electron chi connectivity index (χ3n) is 2.08. The van der Waals surface area contributed by atoms with Gasteiger partial charge in [0.1, 0.15) is 0 Å². The van der Waals surface area contributed by atoms with Crippen LogP contribution in [0.3, 0.4) is 0 Å². The zero-order valence-electron chi connectivity index (χ0n) is 7.04. The van der Waals surface area contributed by atoms with E-state index in [2.05, 4.69) is 0 Å². The molecule has 1 rings (SSSR count). The summed E-state index contributed by atoms with van der Waals surface area (Å²) >= 11 is 0. The lowest BCUT2D eigenvalue weighted by Gasteiger charge is -2.36. The van der Waals surface area contributed by atoms with Gasteiger partial charge >= 0.3 is 5.97 Å². The molecule has 1 saturated carbocycles. The molecule has 4 heteroatoms. The summed E-state index contributed by atoms with van der Waals surface area (Å²) in [5.74, 6) is -0.414. The van der Waals surface area contributed by atoms with Gasteiger partial charge in [0.25, 0.3) is 6.47 Å². The second-order valence-corrected chi connectivity index (χ2v) is 2.78. The maximum atomic E-state index is 11.2. The minimum atomic E-state index is -0.947. The number of hydrogen-bond acceptors (Lipinski definition) is 4. The van der Waals surface area contributed by atoms with E-state index in [9.17, 15) is 9.59 Å². The third-order valence-corrected chi connectivity index (χ3v) is 2.08. The molecule has 1 fully saturated rings. The fourth-order valence-corrected chi connectivity index (χ4v) is 1.22. The number of carbonyl (C=O) groups excluding carboxylic acids is 2. The molecule has 0 aromatic heterocycles. The first-order valence-electron chi connectivity index (χ1n) is 4.04. The third kappa shape index (κ3) is 1.42. The van der Waals surface area contributed by atoms with Gasteiger partial charge in [-0.2, -0.15) is 0 Å². The number of hydrogen-bond donors (Lipinski definition) is 0. The summed E-state index contributed by atoms with van der Waals surface area (Å²) in [4.78, 5) is 21.3. The van der Waals surface area contributed by atoms with E-state index in [0.717, 1.165) is 6.42 Å². The van der Waals surface area contributed by atoms with Crippen molar-refractivity contribution in [3.05, 3.63) is 0 Å². The van der Waals surface area contributed by atoms with Crippen LogP contribution in [0.4, 0.5) is 0 Å². The average Bonchev–Trinajstić information content (AvgIpc) is 1.97. The lowest BCUT2D eigenvalue weighted by Crippen LogP contribution is -2.48. The van der Waals surface area contributed by atoms with Crippen LogP contribution in [0.25, 0.3) is 0 Å². The quantitative estimate of drug-likeness (QED) is 0.461. The van der Waals surface area contributed by atoms with Crippen LogP contribution < -0.4 is 0 Å². The Labute approximate surface area is 70.8 Å². The maximum absolute atomic E-state index is 11.2. The molecule has 0 aliphatic heterocycles. The van der Waals surface area contributed by atoms with Crippen LogP contribution in [0, 0.1) is 0 Å². The molecule has 0 unspecified atom stereocenters. The molecule has 68 valence electrons. The van der Waals surface area contributed by atoms with Crippen LogP contribution in [0.1, 0.15) is 26.2 Å². The first-order valence-corrected chi connectivity index (χ1v) is 4.04. The van der Waals surface area contributed by atoms with Gasteiger partial charge in [-0.1, -0.05) is 0 Å². The fourth-order valence-electron chi connectivity index (χ4n) is 1.22. The Morgan fingerprint density at radius 2 is 2.25 bits per heavy atom. The first kappa shape index (κ1) is 9.03. The van der Waals surface area contributed by atoms with Gasteiger partial charge in [-0.05, 0) is 26.2 Å². The van der Waals surface area contributed by atoms with Gasteiger partial charge in [0.15, 0.2) is 0 Å². The molecule has 0 bridgehead atoms.